The zero-order valence-corrected chi connectivity index (χ0v) is 16.7. The number of rotatable bonds is 6. The highest BCUT2D eigenvalue weighted by molar-refractivity contribution is 7.98. The number of fused-ring (bicyclic) bond motifs is 1. The summed E-state index contributed by atoms with van der Waals surface area (Å²) in [5, 5.41) is 7.95. The smallest absolute Gasteiger partial charge is 0.212 e. The van der Waals surface area contributed by atoms with Gasteiger partial charge in [-0.15, -0.1) is 0 Å². The van der Waals surface area contributed by atoms with Crippen LogP contribution in [0.4, 0.5) is 5.82 Å². The number of hydrogen-bond donors (Lipinski definition) is 2. The number of amides is 1. The molecule has 142 valence electrons. The third-order valence-corrected chi connectivity index (χ3v) is 5.03. The predicted molar refractivity (Wildman–Crippen MR) is 115 cm³/mol. The molecule has 0 spiro atoms. The highest BCUT2D eigenvalue weighted by atomic mass is 32.2. The largest absolute Gasteiger partial charge is 0.384 e. The number of carbonyl (C=O) groups is 1. The third-order valence-electron chi connectivity index (χ3n) is 4.39. The van der Waals surface area contributed by atoms with Gasteiger partial charge in [-0.05, 0) is 43.1 Å². The van der Waals surface area contributed by atoms with Crippen molar-refractivity contribution in [2.45, 2.75) is 38.6 Å². The first kappa shape index (κ1) is 19.4. The topological polar surface area (TPSA) is 66.9 Å². The van der Waals surface area contributed by atoms with Crippen LogP contribution in [0.15, 0.2) is 42.4 Å². The second-order valence-electron chi connectivity index (χ2n) is 6.77. The molecule has 2 aliphatic rings. The summed E-state index contributed by atoms with van der Waals surface area (Å²) < 4.78 is 0. The Morgan fingerprint density at radius 3 is 2.63 bits per heavy atom. The minimum Gasteiger partial charge on any atom is -0.384 e. The summed E-state index contributed by atoms with van der Waals surface area (Å²) >= 11 is 1.86. The Bertz CT molecular complexity index is 858. The molecule has 0 aromatic carbocycles. The van der Waals surface area contributed by atoms with Crippen molar-refractivity contribution in [3.05, 3.63) is 48.1 Å². The zero-order valence-electron chi connectivity index (χ0n) is 15.9. The van der Waals surface area contributed by atoms with Gasteiger partial charge >= 0.3 is 0 Å². The van der Waals surface area contributed by atoms with Gasteiger partial charge in [-0.25, -0.2) is 4.98 Å². The van der Waals surface area contributed by atoms with E-state index in [9.17, 15) is 4.79 Å². The van der Waals surface area contributed by atoms with E-state index >= 15 is 0 Å². The molecule has 1 amide bonds. The predicted octanol–water partition coefficient (Wildman–Crippen LogP) is 4.38. The van der Waals surface area contributed by atoms with Gasteiger partial charge in [0.1, 0.15) is 5.82 Å². The van der Waals surface area contributed by atoms with Crippen molar-refractivity contribution in [2.75, 3.05) is 17.3 Å². The Morgan fingerprint density at radius 2 is 1.96 bits per heavy atom. The number of thioether (sulfide) groups is 1. The Morgan fingerprint density at radius 1 is 1.22 bits per heavy atom. The third kappa shape index (κ3) is 5.57. The van der Waals surface area contributed by atoms with Crippen LogP contribution in [0.3, 0.4) is 0 Å². The van der Waals surface area contributed by atoms with Crippen LogP contribution >= 0.6 is 11.8 Å². The number of nitrogens with zero attached hydrogens (tertiary/aromatic N) is 2. The highest BCUT2D eigenvalue weighted by Gasteiger charge is 2.15. The lowest BCUT2D eigenvalue weighted by molar-refractivity contribution is -0.105. The van der Waals surface area contributed by atoms with Crippen molar-refractivity contribution in [1.29, 1.82) is 0 Å². The van der Waals surface area contributed by atoms with Gasteiger partial charge in [0.2, 0.25) is 6.41 Å². The molecule has 0 radical (unpaired) electrons. The van der Waals surface area contributed by atoms with Crippen LogP contribution in [0.2, 0.25) is 0 Å². The molecule has 1 unspecified atom stereocenters. The number of carbonyl (C=O) groups excluding carboxylic acids is 1. The minimum absolute atomic E-state index is 0.389. The molecule has 2 N–H and O–H groups in total. The van der Waals surface area contributed by atoms with Gasteiger partial charge in [0.15, 0.2) is 0 Å². The molecule has 4 rings (SSSR count). The summed E-state index contributed by atoms with van der Waals surface area (Å²) in [6.07, 6.45) is 16.3. The molecule has 1 atom stereocenters. The van der Waals surface area contributed by atoms with Gasteiger partial charge in [-0.1, -0.05) is 25.3 Å². The van der Waals surface area contributed by atoms with Gasteiger partial charge in [-0.3, -0.25) is 9.78 Å². The van der Waals surface area contributed by atoms with E-state index in [0.717, 1.165) is 34.2 Å². The molecule has 2 aromatic rings. The zero-order chi connectivity index (χ0) is 19.1. The minimum atomic E-state index is 0.389. The molecule has 5 nitrogen and oxygen atoms in total. The summed E-state index contributed by atoms with van der Waals surface area (Å²) in [5.41, 5.74) is 3.26. The number of nitrogens with one attached hydrogen (secondary N) is 2. The maximum absolute atomic E-state index is 10.5. The fourth-order valence-corrected chi connectivity index (χ4v) is 3.25. The number of pyridine rings is 2. The quantitative estimate of drug-likeness (QED) is 0.726. The van der Waals surface area contributed by atoms with E-state index in [1.807, 2.05) is 30.1 Å². The van der Waals surface area contributed by atoms with Gasteiger partial charge < -0.3 is 10.6 Å². The van der Waals surface area contributed by atoms with E-state index in [-0.39, 0.29) is 0 Å². The number of dihydropyridines is 1. The Balaban J connectivity index is 0.000000637. The average Bonchev–Trinajstić information content (AvgIpc) is 3.56. The van der Waals surface area contributed by atoms with Crippen molar-refractivity contribution in [1.82, 2.24) is 15.3 Å². The van der Waals surface area contributed by atoms with Crippen molar-refractivity contribution in [3.8, 4) is 0 Å². The van der Waals surface area contributed by atoms with Gasteiger partial charge in [0.25, 0.3) is 0 Å². The van der Waals surface area contributed by atoms with Crippen LogP contribution in [-0.2, 0) is 4.79 Å². The second-order valence-corrected chi connectivity index (χ2v) is 7.76. The Labute approximate surface area is 164 Å². The molecule has 2 aromatic heterocycles. The summed E-state index contributed by atoms with van der Waals surface area (Å²) in [7, 11) is 0. The van der Waals surface area contributed by atoms with E-state index in [4.69, 9.17) is 0 Å². The Hall–Kier alpha value is -2.34. The number of allylic oxidation sites excluding steroid dienone is 2. The van der Waals surface area contributed by atoms with Crippen molar-refractivity contribution < 1.29 is 4.79 Å². The standard InChI is InChI=1S/C18H20N4OS.C3H6/c1-12-5-15(3-4-24-2)19-10-16(12)17-6-13-9-21-18(22-11-23)7-14(13)8-20-17;1-2-3-1/h5-11,15,19H,3-4H2,1-2H3,(H,21,22,23);1-3H2. The Kier molecular flexibility index (Phi) is 6.87. The molecule has 3 heterocycles. The average molecular weight is 383 g/mol. The van der Waals surface area contributed by atoms with E-state index in [1.54, 1.807) is 6.20 Å². The summed E-state index contributed by atoms with van der Waals surface area (Å²) in [4.78, 5) is 19.3. The van der Waals surface area contributed by atoms with Crippen molar-refractivity contribution >= 4 is 40.3 Å². The van der Waals surface area contributed by atoms with Crippen molar-refractivity contribution in [3.63, 3.8) is 0 Å². The maximum atomic E-state index is 10.5. The van der Waals surface area contributed by atoms with Gasteiger partial charge in [0, 0.05) is 41.0 Å². The first-order valence-corrected chi connectivity index (χ1v) is 10.7. The van der Waals surface area contributed by atoms with E-state index in [1.165, 1.54) is 24.8 Å². The van der Waals surface area contributed by atoms with Gasteiger partial charge in [0.05, 0.1) is 5.69 Å². The molecule has 1 aliphatic heterocycles. The van der Waals surface area contributed by atoms with Crippen LogP contribution in [0.5, 0.6) is 0 Å². The molecule has 0 saturated heterocycles. The van der Waals surface area contributed by atoms with Crippen LogP contribution in [0.1, 0.15) is 38.3 Å². The van der Waals surface area contributed by atoms with Gasteiger partial charge in [-0.2, -0.15) is 11.8 Å². The molecular weight excluding hydrogens is 356 g/mol. The summed E-state index contributed by atoms with van der Waals surface area (Å²) in [5.74, 6) is 1.67. The SMILES string of the molecule is C1CC1.CSCCC1C=C(C)C(c2cc3cnc(NC=O)cc3cn2)=CN1. The molecule has 1 fully saturated rings. The lowest BCUT2D eigenvalue weighted by Crippen LogP contribution is -2.26. The lowest BCUT2D eigenvalue weighted by Gasteiger charge is -2.21. The fraction of sp³-hybridized carbons (Fsp3) is 0.381. The normalized spacial score (nSPS) is 17.8. The summed E-state index contributed by atoms with van der Waals surface area (Å²) in [6.45, 7) is 2.12. The molecular formula is C21H26N4OS. The van der Waals surface area contributed by atoms with E-state index in [2.05, 4.69) is 46.1 Å². The fourth-order valence-electron chi connectivity index (χ4n) is 2.76. The molecule has 1 aliphatic carbocycles. The number of hydrogen-bond acceptors (Lipinski definition) is 5. The van der Waals surface area contributed by atoms with Crippen LogP contribution in [0.25, 0.3) is 16.3 Å². The second kappa shape index (κ2) is 9.55. The van der Waals surface area contributed by atoms with Crippen LogP contribution in [-0.4, -0.2) is 34.4 Å². The van der Waals surface area contributed by atoms with Crippen LogP contribution < -0.4 is 10.6 Å². The maximum Gasteiger partial charge on any atom is 0.212 e. The van der Waals surface area contributed by atoms with E-state index in [0.29, 0.717) is 18.3 Å². The molecule has 27 heavy (non-hydrogen) atoms. The molecule has 0 bridgehead atoms. The highest BCUT2D eigenvalue weighted by Crippen LogP contribution is 2.27. The summed E-state index contributed by atoms with van der Waals surface area (Å²) in [6, 6.07) is 4.23. The van der Waals surface area contributed by atoms with Crippen LogP contribution in [0, 0.1) is 0 Å². The first-order valence-electron chi connectivity index (χ1n) is 9.31. The molecule has 6 heteroatoms. The van der Waals surface area contributed by atoms with E-state index < -0.39 is 0 Å². The number of anilines is 1. The van der Waals surface area contributed by atoms with Crippen molar-refractivity contribution in [2.24, 2.45) is 0 Å². The first-order chi connectivity index (χ1) is 13.2. The molecule has 1 saturated carbocycles. The monoisotopic (exact) mass is 382 g/mol. The number of aromatic nitrogens is 2. The lowest BCUT2D eigenvalue weighted by atomic mass is 9.97.